The average molecular weight is 301 g/mol. The van der Waals surface area contributed by atoms with Gasteiger partial charge in [-0.2, -0.15) is 0 Å². The molecule has 16 heavy (non-hydrogen) atoms. The van der Waals surface area contributed by atoms with E-state index in [0.717, 1.165) is 22.7 Å². The fourth-order valence-corrected chi connectivity index (χ4v) is 2.18. The second kappa shape index (κ2) is 4.89. The first-order valence-corrected chi connectivity index (χ1v) is 6.11. The van der Waals surface area contributed by atoms with Gasteiger partial charge in [0, 0.05) is 28.4 Å². The zero-order valence-corrected chi connectivity index (χ0v) is 11.1. The summed E-state index contributed by atoms with van der Waals surface area (Å²) in [5.74, 6) is 0.825. The largest absolute Gasteiger partial charge is 0.325 e. The normalized spacial score (nSPS) is 10.4. The summed E-state index contributed by atoms with van der Waals surface area (Å²) in [5.41, 5.74) is 0.949. The van der Waals surface area contributed by atoms with Gasteiger partial charge in [0.05, 0.1) is 5.69 Å². The molecule has 0 saturated carbocycles. The Balaban J connectivity index is 2.27. The average Bonchev–Trinajstić information content (AvgIpc) is 2.69. The molecule has 0 unspecified atom stereocenters. The van der Waals surface area contributed by atoms with E-state index in [1.165, 1.54) is 0 Å². The van der Waals surface area contributed by atoms with Gasteiger partial charge in [0.15, 0.2) is 0 Å². The number of nitrogens with zero attached hydrogens (tertiary/aromatic N) is 2. The summed E-state index contributed by atoms with van der Waals surface area (Å²) in [7, 11) is 0. The molecule has 2 rings (SSSR count). The molecule has 1 aromatic heterocycles. The van der Waals surface area contributed by atoms with Crippen molar-refractivity contribution in [2.75, 3.05) is 5.32 Å². The number of aryl methyl sites for hydroxylation is 1. The Bertz CT molecular complexity index is 496. The standard InChI is InChI=1S/C11H11BrClN3/c1-2-16-6-5-14-11(16)15-10-4-3-8(13)7-9(10)12/h3-7H,2H2,1H3,(H,14,15). The zero-order chi connectivity index (χ0) is 11.5. The van der Waals surface area contributed by atoms with Crippen molar-refractivity contribution in [1.29, 1.82) is 0 Å². The number of imidazole rings is 1. The molecule has 0 aliphatic carbocycles. The van der Waals surface area contributed by atoms with Crippen molar-refractivity contribution in [2.45, 2.75) is 13.5 Å². The number of nitrogens with one attached hydrogen (secondary N) is 1. The van der Waals surface area contributed by atoms with Crippen molar-refractivity contribution in [3.8, 4) is 0 Å². The van der Waals surface area contributed by atoms with Gasteiger partial charge in [-0.25, -0.2) is 4.98 Å². The number of rotatable bonds is 3. The van der Waals surface area contributed by atoms with E-state index in [0.29, 0.717) is 5.02 Å². The molecule has 0 radical (unpaired) electrons. The van der Waals surface area contributed by atoms with Gasteiger partial charge in [0.25, 0.3) is 0 Å². The molecular weight excluding hydrogens is 289 g/mol. The summed E-state index contributed by atoms with van der Waals surface area (Å²) in [5, 5.41) is 3.95. The summed E-state index contributed by atoms with van der Waals surface area (Å²) >= 11 is 9.33. The summed E-state index contributed by atoms with van der Waals surface area (Å²) < 4.78 is 2.95. The highest BCUT2D eigenvalue weighted by Crippen LogP contribution is 2.28. The van der Waals surface area contributed by atoms with E-state index < -0.39 is 0 Å². The van der Waals surface area contributed by atoms with E-state index in [1.807, 2.05) is 29.0 Å². The molecule has 0 fully saturated rings. The maximum Gasteiger partial charge on any atom is 0.207 e. The van der Waals surface area contributed by atoms with Crippen LogP contribution in [0.4, 0.5) is 11.6 Å². The Morgan fingerprint density at radius 2 is 2.31 bits per heavy atom. The smallest absolute Gasteiger partial charge is 0.207 e. The number of hydrogen-bond donors (Lipinski definition) is 1. The van der Waals surface area contributed by atoms with Gasteiger partial charge < -0.3 is 9.88 Å². The minimum atomic E-state index is 0.705. The Labute approximate surface area is 108 Å². The van der Waals surface area contributed by atoms with Crippen molar-refractivity contribution in [3.05, 3.63) is 40.1 Å². The lowest BCUT2D eigenvalue weighted by Gasteiger charge is -2.09. The maximum atomic E-state index is 5.88. The van der Waals surface area contributed by atoms with Crippen LogP contribution in [0.5, 0.6) is 0 Å². The Morgan fingerprint density at radius 3 is 3.00 bits per heavy atom. The first-order chi connectivity index (χ1) is 7.70. The number of anilines is 2. The van der Waals surface area contributed by atoms with E-state index in [2.05, 4.69) is 33.2 Å². The first-order valence-electron chi connectivity index (χ1n) is 4.94. The van der Waals surface area contributed by atoms with Crippen LogP contribution in [0.2, 0.25) is 5.02 Å². The van der Waals surface area contributed by atoms with Crippen LogP contribution in [-0.2, 0) is 6.54 Å². The zero-order valence-electron chi connectivity index (χ0n) is 8.74. The van der Waals surface area contributed by atoms with Crippen LogP contribution < -0.4 is 5.32 Å². The number of benzene rings is 1. The van der Waals surface area contributed by atoms with Gasteiger partial charge in [-0.3, -0.25) is 0 Å². The fraction of sp³-hybridized carbons (Fsp3) is 0.182. The summed E-state index contributed by atoms with van der Waals surface area (Å²) in [6.45, 7) is 2.96. The molecule has 0 aliphatic rings. The van der Waals surface area contributed by atoms with Crippen molar-refractivity contribution >= 4 is 39.2 Å². The fourth-order valence-electron chi connectivity index (χ4n) is 1.40. The van der Waals surface area contributed by atoms with Gasteiger partial charge in [0.1, 0.15) is 0 Å². The summed E-state index contributed by atoms with van der Waals surface area (Å²) in [6.07, 6.45) is 3.71. The number of aromatic nitrogens is 2. The molecule has 0 bridgehead atoms. The third-order valence-corrected chi connectivity index (χ3v) is 3.12. The molecule has 1 aromatic carbocycles. The third kappa shape index (κ3) is 2.39. The predicted octanol–water partition coefficient (Wildman–Crippen LogP) is 4.06. The number of halogens is 2. The molecule has 3 nitrogen and oxygen atoms in total. The monoisotopic (exact) mass is 299 g/mol. The van der Waals surface area contributed by atoms with Gasteiger partial charge in [-0.05, 0) is 41.1 Å². The molecule has 0 saturated heterocycles. The highest BCUT2D eigenvalue weighted by atomic mass is 79.9. The van der Waals surface area contributed by atoms with Crippen molar-refractivity contribution in [1.82, 2.24) is 9.55 Å². The predicted molar refractivity (Wildman–Crippen MR) is 70.3 cm³/mol. The van der Waals surface area contributed by atoms with Gasteiger partial charge >= 0.3 is 0 Å². The lowest BCUT2D eigenvalue weighted by atomic mass is 10.3. The minimum Gasteiger partial charge on any atom is -0.325 e. The molecule has 0 spiro atoms. The molecule has 2 aromatic rings. The van der Waals surface area contributed by atoms with E-state index in [9.17, 15) is 0 Å². The molecule has 1 N–H and O–H groups in total. The Morgan fingerprint density at radius 1 is 1.50 bits per heavy atom. The summed E-state index contributed by atoms with van der Waals surface area (Å²) in [6, 6.07) is 5.61. The van der Waals surface area contributed by atoms with Crippen LogP contribution in [0.25, 0.3) is 0 Å². The van der Waals surface area contributed by atoms with Gasteiger partial charge in [-0.1, -0.05) is 11.6 Å². The Hall–Kier alpha value is -1.000. The second-order valence-corrected chi connectivity index (χ2v) is 4.58. The van der Waals surface area contributed by atoms with Crippen LogP contribution in [-0.4, -0.2) is 9.55 Å². The van der Waals surface area contributed by atoms with Crippen LogP contribution in [0.3, 0.4) is 0 Å². The van der Waals surface area contributed by atoms with Crippen LogP contribution in [0.1, 0.15) is 6.92 Å². The summed E-state index contributed by atoms with van der Waals surface area (Å²) in [4.78, 5) is 4.24. The van der Waals surface area contributed by atoms with E-state index in [1.54, 1.807) is 6.20 Å². The van der Waals surface area contributed by atoms with E-state index in [4.69, 9.17) is 11.6 Å². The van der Waals surface area contributed by atoms with E-state index in [-0.39, 0.29) is 0 Å². The van der Waals surface area contributed by atoms with Gasteiger partial charge in [-0.15, -0.1) is 0 Å². The van der Waals surface area contributed by atoms with Crippen LogP contribution >= 0.6 is 27.5 Å². The molecule has 0 atom stereocenters. The highest BCUT2D eigenvalue weighted by Gasteiger charge is 2.04. The number of hydrogen-bond acceptors (Lipinski definition) is 2. The van der Waals surface area contributed by atoms with Gasteiger partial charge in [0.2, 0.25) is 5.95 Å². The second-order valence-electron chi connectivity index (χ2n) is 3.29. The quantitative estimate of drug-likeness (QED) is 0.926. The molecule has 0 amide bonds. The van der Waals surface area contributed by atoms with Crippen molar-refractivity contribution in [2.24, 2.45) is 0 Å². The molecule has 5 heteroatoms. The van der Waals surface area contributed by atoms with Crippen molar-refractivity contribution in [3.63, 3.8) is 0 Å². The van der Waals surface area contributed by atoms with Crippen LogP contribution in [0.15, 0.2) is 35.1 Å². The SMILES string of the molecule is CCn1ccnc1Nc1ccc(Cl)cc1Br. The minimum absolute atomic E-state index is 0.705. The lowest BCUT2D eigenvalue weighted by Crippen LogP contribution is -2.01. The first kappa shape index (κ1) is 11.5. The Kier molecular flexibility index (Phi) is 3.51. The van der Waals surface area contributed by atoms with Crippen molar-refractivity contribution < 1.29 is 0 Å². The highest BCUT2D eigenvalue weighted by molar-refractivity contribution is 9.10. The van der Waals surface area contributed by atoms with E-state index >= 15 is 0 Å². The maximum absolute atomic E-state index is 5.88. The third-order valence-electron chi connectivity index (χ3n) is 2.23. The molecule has 84 valence electrons. The molecule has 1 heterocycles. The lowest BCUT2D eigenvalue weighted by molar-refractivity contribution is 0.772. The molecular formula is C11H11BrClN3. The topological polar surface area (TPSA) is 29.9 Å². The molecule has 0 aliphatic heterocycles. The van der Waals surface area contributed by atoms with Crippen LogP contribution in [0, 0.1) is 0 Å².